The molecule has 0 radical (unpaired) electrons. The molecule has 318 valence electrons. The van der Waals surface area contributed by atoms with Crippen LogP contribution in [0.3, 0.4) is 0 Å². The predicted octanol–water partition coefficient (Wildman–Crippen LogP) is 17.3. The highest BCUT2D eigenvalue weighted by molar-refractivity contribution is 6.11. The highest BCUT2D eigenvalue weighted by Gasteiger charge is 2.17. The summed E-state index contributed by atoms with van der Waals surface area (Å²) in [6.45, 7) is 0. The van der Waals surface area contributed by atoms with Crippen LogP contribution in [-0.4, -0.2) is 14.3 Å². The summed E-state index contributed by atoms with van der Waals surface area (Å²) in [6, 6.07) is 94.4. The molecule has 2 aromatic heterocycles. The average Bonchev–Trinajstić information content (AvgIpc) is 4.01. The maximum atomic E-state index is 5.18. The number of fused-ring (bicyclic) bond motifs is 5. The van der Waals surface area contributed by atoms with Crippen LogP contribution in [0.4, 0.5) is 0 Å². The molecule has 0 aliphatic rings. The van der Waals surface area contributed by atoms with E-state index >= 15 is 0 Å². The Morgan fingerprint density at radius 2 is 0.632 bits per heavy atom. The van der Waals surface area contributed by atoms with Crippen LogP contribution < -0.4 is 0 Å². The fourth-order valence-corrected chi connectivity index (χ4v) is 9.99. The fraction of sp³-hybridized carbons (Fsp3) is 0. The van der Waals surface area contributed by atoms with E-state index in [1.807, 2.05) is 6.07 Å². The molecule has 0 unspecified atom stereocenters. The molecule has 13 rings (SSSR count). The monoisotopic (exact) mass is 865 g/mol. The molecular formula is C65H43N3. The van der Waals surface area contributed by atoms with Crippen LogP contribution in [0.5, 0.6) is 0 Å². The van der Waals surface area contributed by atoms with Gasteiger partial charge >= 0.3 is 0 Å². The first-order chi connectivity index (χ1) is 33.7. The maximum Gasteiger partial charge on any atom is 0.0934 e. The summed E-state index contributed by atoms with van der Waals surface area (Å²) < 4.78 is 4.48. The Labute approximate surface area is 395 Å². The van der Waals surface area contributed by atoms with Crippen molar-refractivity contribution in [2.45, 2.75) is 0 Å². The van der Waals surface area contributed by atoms with Crippen LogP contribution in [0.25, 0.3) is 122 Å². The Morgan fingerprint density at radius 1 is 0.250 bits per heavy atom. The summed E-state index contributed by atoms with van der Waals surface area (Å²) >= 11 is 0. The van der Waals surface area contributed by atoms with E-state index in [4.69, 9.17) is 5.10 Å². The van der Waals surface area contributed by atoms with Crippen molar-refractivity contribution >= 4 is 43.4 Å². The summed E-state index contributed by atoms with van der Waals surface area (Å²) in [5.74, 6) is 0. The third-order valence-corrected chi connectivity index (χ3v) is 13.6. The van der Waals surface area contributed by atoms with Crippen LogP contribution in [0.2, 0.25) is 0 Å². The summed E-state index contributed by atoms with van der Waals surface area (Å²) in [6.07, 6.45) is 0. The van der Waals surface area contributed by atoms with Crippen molar-refractivity contribution in [1.29, 1.82) is 0 Å². The van der Waals surface area contributed by atoms with Gasteiger partial charge in [-0.15, -0.1) is 0 Å². The Morgan fingerprint density at radius 3 is 1.12 bits per heavy atom. The fourth-order valence-electron chi connectivity index (χ4n) is 9.99. The lowest BCUT2D eigenvalue weighted by Gasteiger charge is -2.12. The smallest absolute Gasteiger partial charge is 0.0934 e. The zero-order valence-corrected chi connectivity index (χ0v) is 37.2. The summed E-state index contributed by atoms with van der Waals surface area (Å²) in [5, 5.41) is 12.6. The van der Waals surface area contributed by atoms with E-state index in [0.717, 1.165) is 44.9 Å². The normalized spacial score (nSPS) is 11.5. The van der Waals surface area contributed by atoms with Crippen molar-refractivity contribution in [3.8, 4) is 78.4 Å². The molecule has 11 aromatic carbocycles. The zero-order chi connectivity index (χ0) is 45.0. The van der Waals surface area contributed by atoms with E-state index in [2.05, 4.69) is 264 Å². The lowest BCUT2D eigenvalue weighted by atomic mass is 9.96. The topological polar surface area (TPSA) is 22.8 Å². The van der Waals surface area contributed by atoms with E-state index in [9.17, 15) is 0 Å². The average molecular weight is 866 g/mol. The molecular weight excluding hydrogens is 823 g/mol. The van der Waals surface area contributed by atoms with Gasteiger partial charge in [-0.2, -0.15) is 5.10 Å². The molecule has 68 heavy (non-hydrogen) atoms. The van der Waals surface area contributed by atoms with Crippen LogP contribution in [0, 0.1) is 0 Å². The first-order valence-corrected chi connectivity index (χ1v) is 23.3. The lowest BCUT2D eigenvalue weighted by Crippen LogP contribution is -2.00. The molecule has 3 nitrogen and oxygen atoms in total. The van der Waals surface area contributed by atoms with Gasteiger partial charge in [-0.25, -0.2) is 4.68 Å². The second-order valence-electron chi connectivity index (χ2n) is 17.7. The van der Waals surface area contributed by atoms with Crippen LogP contribution in [-0.2, 0) is 0 Å². The minimum Gasteiger partial charge on any atom is -0.309 e. The van der Waals surface area contributed by atoms with Gasteiger partial charge in [0.2, 0.25) is 0 Å². The molecule has 13 aromatic rings. The largest absolute Gasteiger partial charge is 0.309 e. The van der Waals surface area contributed by atoms with Gasteiger partial charge in [0, 0.05) is 27.6 Å². The molecule has 0 amide bonds. The number of nitrogens with zero attached hydrogens (tertiary/aromatic N) is 3. The molecule has 0 atom stereocenters. The van der Waals surface area contributed by atoms with Gasteiger partial charge in [-0.05, 0) is 133 Å². The summed E-state index contributed by atoms with van der Waals surface area (Å²) in [5.41, 5.74) is 18.2. The van der Waals surface area contributed by atoms with E-state index < -0.39 is 0 Å². The van der Waals surface area contributed by atoms with Crippen LogP contribution in [0.15, 0.2) is 261 Å². The SMILES string of the molecule is c1ccc(-c2cc(-c3ccccc3)n(-c3ccc(-n4c5ccc(-c6ccc(-c7ccc8ccccc8c7)cc6)cc5c5cc(-c6ccc(-c7ccc8ccccc8c7)cc6)ccc54)cc3)n2)cc1. The highest BCUT2D eigenvalue weighted by atomic mass is 15.3. The van der Waals surface area contributed by atoms with E-state index in [1.165, 1.54) is 76.8 Å². The van der Waals surface area contributed by atoms with Crippen molar-refractivity contribution in [2.24, 2.45) is 0 Å². The molecule has 0 N–H and O–H groups in total. The van der Waals surface area contributed by atoms with Crippen molar-refractivity contribution in [2.75, 3.05) is 0 Å². The highest BCUT2D eigenvalue weighted by Crippen LogP contribution is 2.39. The second-order valence-corrected chi connectivity index (χ2v) is 17.7. The molecule has 0 fully saturated rings. The van der Waals surface area contributed by atoms with E-state index in [-0.39, 0.29) is 0 Å². The van der Waals surface area contributed by atoms with Gasteiger partial charge in [0.05, 0.1) is 28.1 Å². The van der Waals surface area contributed by atoms with E-state index in [0.29, 0.717) is 0 Å². The molecule has 0 saturated carbocycles. The van der Waals surface area contributed by atoms with Gasteiger partial charge < -0.3 is 4.57 Å². The van der Waals surface area contributed by atoms with Crippen molar-refractivity contribution < 1.29 is 0 Å². The minimum atomic E-state index is 0.939. The summed E-state index contributed by atoms with van der Waals surface area (Å²) in [4.78, 5) is 0. The van der Waals surface area contributed by atoms with Crippen molar-refractivity contribution in [3.63, 3.8) is 0 Å². The molecule has 3 heteroatoms. The van der Waals surface area contributed by atoms with Crippen LogP contribution >= 0.6 is 0 Å². The minimum absolute atomic E-state index is 0.939. The Bertz CT molecular complexity index is 3790. The maximum absolute atomic E-state index is 5.18. The van der Waals surface area contributed by atoms with Gasteiger partial charge in [0.1, 0.15) is 0 Å². The standard InChI is InChI=1S/C65H43N3/c1-3-13-50(14-4-1)62-43-65(51-15-5-2-6-16-51)68(66-62)59-35-33-58(34-36-59)67-63-37-31-56(48-23-19-46(20-24-48)54-29-27-44-11-7-9-17-52(44)39-54)41-60(63)61-42-57(32-38-64(61)67)49-25-21-47(22-26-49)55-30-28-45-12-8-10-18-53(45)40-55/h1-43H. The number of hydrogen-bond donors (Lipinski definition) is 0. The third-order valence-electron chi connectivity index (χ3n) is 13.6. The predicted molar refractivity (Wildman–Crippen MR) is 286 cm³/mol. The van der Waals surface area contributed by atoms with Crippen molar-refractivity contribution in [3.05, 3.63) is 261 Å². The quantitative estimate of drug-likeness (QED) is 0.149. The molecule has 0 aliphatic heterocycles. The molecule has 0 aliphatic carbocycles. The summed E-state index contributed by atoms with van der Waals surface area (Å²) in [7, 11) is 0. The van der Waals surface area contributed by atoms with Gasteiger partial charge in [-0.3, -0.25) is 0 Å². The molecule has 0 saturated heterocycles. The van der Waals surface area contributed by atoms with Gasteiger partial charge in [0.25, 0.3) is 0 Å². The first kappa shape index (κ1) is 39.3. The Balaban J connectivity index is 0.906. The Kier molecular flexibility index (Phi) is 9.50. The van der Waals surface area contributed by atoms with E-state index in [1.54, 1.807) is 0 Å². The van der Waals surface area contributed by atoms with Gasteiger partial charge in [0.15, 0.2) is 0 Å². The number of benzene rings is 11. The zero-order valence-electron chi connectivity index (χ0n) is 37.2. The lowest BCUT2D eigenvalue weighted by molar-refractivity contribution is 0.891. The van der Waals surface area contributed by atoms with Gasteiger partial charge in [-0.1, -0.05) is 194 Å². The number of hydrogen-bond acceptors (Lipinski definition) is 1. The number of rotatable bonds is 8. The van der Waals surface area contributed by atoms with Crippen molar-refractivity contribution in [1.82, 2.24) is 14.3 Å². The molecule has 0 bridgehead atoms. The molecule has 0 spiro atoms. The number of aromatic nitrogens is 3. The van der Waals surface area contributed by atoms with Crippen LogP contribution in [0.1, 0.15) is 0 Å². The molecule has 2 heterocycles. The second kappa shape index (κ2) is 16.4. The first-order valence-electron chi connectivity index (χ1n) is 23.3. The Hall–Kier alpha value is -9.05. The third kappa shape index (κ3) is 7.06.